The Morgan fingerprint density at radius 2 is 1.37 bits per heavy atom. The van der Waals surface area contributed by atoms with Crippen molar-refractivity contribution in [2.45, 2.75) is 177 Å². The summed E-state index contributed by atoms with van der Waals surface area (Å²) in [4.78, 5) is 68.4. The van der Waals surface area contributed by atoms with E-state index in [9.17, 15) is 34.3 Å². The Bertz CT molecular complexity index is 2160. The van der Waals surface area contributed by atoms with Gasteiger partial charge in [-0.1, -0.05) is 140 Å². The van der Waals surface area contributed by atoms with Crippen LogP contribution in [0.5, 0.6) is 0 Å². The van der Waals surface area contributed by atoms with E-state index < -0.39 is 45.0 Å². The highest BCUT2D eigenvalue weighted by molar-refractivity contribution is 6.04. The molecule has 3 fully saturated rings. The zero-order chi connectivity index (χ0) is 49.8. The molecule has 0 aromatic carbocycles. The Balaban J connectivity index is 1.10. The van der Waals surface area contributed by atoms with E-state index in [-0.39, 0.29) is 52.6 Å². The first-order valence-corrected chi connectivity index (χ1v) is 25.9. The number of aliphatic carboxylic acids is 1. The number of carboxylic acids is 1. The zero-order valence-electron chi connectivity index (χ0n) is 42.8. The van der Waals surface area contributed by atoms with Crippen LogP contribution >= 0.6 is 0 Å². The van der Waals surface area contributed by atoms with Crippen molar-refractivity contribution in [3.8, 4) is 6.07 Å². The molecule has 0 heterocycles. The Hall–Kier alpha value is -4.84. The Morgan fingerprint density at radius 3 is 1.94 bits per heavy atom. The van der Waals surface area contributed by atoms with E-state index in [2.05, 4.69) is 125 Å². The van der Waals surface area contributed by atoms with Crippen molar-refractivity contribution in [3.63, 3.8) is 0 Å². The minimum atomic E-state index is -1.08. The molecule has 2 amide bonds. The van der Waals surface area contributed by atoms with Gasteiger partial charge in [-0.15, -0.1) is 0 Å². The first-order valence-electron chi connectivity index (χ1n) is 25.9. The molecule has 68 heavy (non-hydrogen) atoms. The van der Waals surface area contributed by atoms with E-state index in [1.807, 2.05) is 32.1 Å². The molecule has 0 aromatic rings. The quantitative estimate of drug-likeness (QED) is 0.0721. The number of hydrogen-bond donors (Lipinski definition) is 3. The monoisotopic (exact) mass is 930 g/mol. The molecule has 0 bridgehead atoms. The fourth-order valence-electron chi connectivity index (χ4n) is 13.2. The predicted molar refractivity (Wildman–Crippen MR) is 273 cm³/mol. The summed E-state index contributed by atoms with van der Waals surface area (Å²) in [6.07, 6.45) is 42.5. The lowest BCUT2D eigenvalue weighted by Gasteiger charge is -2.69. The highest BCUT2D eigenvalue weighted by atomic mass is 16.4. The molecule has 0 saturated heterocycles. The third kappa shape index (κ3) is 11.8. The molecule has 5 rings (SSSR count). The van der Waals surface area contributed by atoms with Gasteiger partial charge in [0.1, 0.15) is 12.1 Å². The zero-order valence-corrected chi connectivity index (χ0v) is 42.8. The summed E-state index contributed by atoms with van der Waals surface area (Å²) in [5.74, 6) is -2.27. The van der Waals surface area contributed by atoms with Gasteiger partial charge in [0.2, 0.25) is 11.8 Å². The largest absolute Gasteiger partial charge is 0.480 e. The molecule has 3 N–H and O–H groups in total. The van der Waals surface area contributed by atoms with Crippen molar-refractivity contribution in [1.82, 2.24) is 10.6 Å². The van der Waals surface area contributed by atoms with Gasteiger partial charge in [0.05, 0.1) is 11.0 Å². The molecule has 0 aliphatic heterocycles. The summed E-state index contributed by atoms with van der Waals surface area (Å²) in [7, 11) is 0. The van der Waals surface area contributed by atoms with E-state index in [4.69, 9.17) is 0 Å². The topological polar surface area (TPSA) is 153 Å². The fourth-order valence-corrected chi connectivity index (χ4v) is 13.2. The number of hydrogen-bond acceptors (Lipinski definition) is 6. The van der Waals surface area contributed by atoms with Crippen molar-refractivity contribution in [2.24, 2.45) is 50.2 Å². The summed E-state index contributed by atoms with van der Waals surface area (Å²) in [5.41, 5.74) is -2.11. The number of carbonyl (C=O) groups excluding carboxylic acids is 4. The van der Waals surface area contributed by atoms with Crippen molar-refractivity contribution in [2.75, 3.05) is 6.54 Å². The molecule has 1 unspecified atom stereocenters. The van der Waals surface area contributed by atoms with E-state index >= 15 is 0 Å². The minimum Gasteiger partial charge on any atom is -0.480 e. The van der Waals surface area contributed by atoms with Crippen LogP contribution in [0.3, 0.4) is 0 Å². The molecule has 5 aliphatic carbocycles. The molecule has 370 valence electrons. The van der Waals surface area contributed by atoms with Gasteiger partial charge >= 0.3 is 5.97 Å². The summed E-state index contributed by atoms with van der Waals surface area (Å²) >= 11 is 0. The molecule has 0 radical (unpaired) electrons. The molecular formula is C59H83N3O6. The van der Waals surface area contributed by atoms with Crippen LogP contribution in [0.4, 0.5) is 0 Å². The Kier molecular flexibility index (Phi) is 18.4. The lowest BCUT2D eigenvalue weighted by molar-refractivity contribution is -0.179. The second-order valence-electron chi connectivity index (χ2n) is 22.6. The van der Waals surface area contributed by atoms with Gasteiger partial charge in [0.15, 0.2) is 11.6 Å². The smallest absolute Gasteiger partial charge is 0.326 e. The summed E-state index contributed by atoms with van der Waals surface area (Å²) in [6.45, 7) is 17.5. The SMILES string of the molecule is CC/C=C\C/C=C\C/C=C\C/C=C\C/C=C\C/C=C\CCC(=O)NCCCCC(NC(=O)[C@]12CCC(C)(C)C[C@@H]1[C@H]1C(=O)C=C3[C@@]4(C)C=C(C#N)C(=O)C(C)(C)[C@@H]4CC[C@@]3(C)[C@]1(C)CC2)C(=O)O. The van der Waals surface area contributed by atoms with E-state index in [1.165, 1.54) is 0 Å². The van der Waals surface area contributed by atoms with Gasteiger partial charge in [-0.25, -0.2) is 4.79 Å². The highest BCUT2D eigenvalue weighted by Gasteiger charge is 2.71. The number of fused-ring (bicyclic) bond motifs is 7. The molecule has 9 heteroatoms. The third-order valence-electron chi connectivity index (χ3n) is 17.3. The third-order valence-corrected chi connectivity index (χ3v) is 17.3. The van der Waals surface area contributed by atoms with Crippen LogP contribution in [0.15, 0.2) is 96.2 Å². The van der Waals surface area contributed by atoms with Crippen molar-refractivity contribution in [3.05, 3.63) is 96.2 Å². The average Bonchev–Trinajstić information content (AvgIpc) is 3.28. The number of unbranched alkanes of at least 4 members (excludes halogenated alkanes) is 1. The fraction of sp³-hybridized carbons (Fsp3) is 0.627. The van der Waals surface area contributed by atoms with Crippen LogP contribution < -0.4 is 10.6 Å². The van der Waals surface area contributed by atoms with Crippen molar-refractivity contribution in [1.29, 1.82) is 5.26 Å². The van der Waals surface area contributed by atoms with E-state index in [0.717, 1.165) is 63.4 Å². The maximum atomic E-state index is 14.9. The second kappa shape index (κ2) is 23.2. The van der Waals surface area contributed by atoms with Crippen LogP contribution in [0, 0.1) is 61.6 Å². The summed E-state index contributed by atoms with van der Waals surface area (Å²) in [5, 5.41) is 26.4. The van der Waals surface area contributed by atoms with Gasteiger partial charge in [-0.3, -0.25) is 19.2 Å². The molecule has 3 saturated carbocycles. The number of nitrogens with zero attached hydrogens (tertiary/aromatic N) is 1. The average molecular weight is 930 g/mol. The molecule has 5 aliphatic rings. The molecular weight excluding hydrogens is 847 g/mol. The number of carbonyl (C=O) groups is 5. The Labute approximate surface area is 408 Å². The first kappa shape index (κ1) is 54.1. The maximum absolute atomic E-state index is 14.9. The minimum absolute atomic E-state index is 0.0113. The lowest BCUT2D eigenvalue weighted by Crippen LogP contribution is -2.67. The number of amides is 2. The van der Waals surface area contributed by atoms with Gasteiger partial charge in [-0.2, -0.15) is 5.26 Å². The van der Waals surface area contributed by atoms with Crippen LogP contribution in [0.1, 0.15) is 171 Å². The number of allylic oxidation sites excluding steroid dienone is 16. The van der Waals surface area contributed by atoms with Crippen molar-refractivity contribution < 1.29 is 29.1 Å². The predicted octanol–water partition coefficient (Wildman–Crippen LogP) is 12.5. The number of nitriles is 1. The first-order chi connectivity index (χ1) is 32.2. The number of nitrogens with one attached hydrogen (secondary N) is 2. The lowest BCUT2D eigenvalue weighted by atomic mass is 9.34. The number of rotatable bonds is 22. The van der Waals surface area contributed by atoms with Crippen LogP contribution in [-0.2, 0) is 24.0 Å². The van der Waals surface area contributed by atoms with Gasteiger partial charge in [0, 0.05) is 29.7 Å². The van der Waals surface area contributed by atoms with Crippen LogP contribution in [-0.4, -0.2) is 47.0 Å². The van der Waals surface area contributed by atoms with E-state index in [1.54, 1.807) is 0 Å². The maximum Gasteiger partial charge on any atom is 0.326 e. The van der Waals surface area contributed by atoms with Crippen LogP contribution in [0.25, 0.3) is 0 Å². The number of ketones is 2. The number of carboxylic acid groups (broad SMARTS) is 1. The van der Waals surface area contributed by atoms with Gasteiger partial charge in [-0.05, 0) is 143 Å². The van der Waals surface area contributed by atoms with Crippen LogP contribution in [0.2, 0.25) is 0 Å². The molecule has 8 atom stereocenters. The van der Waals surface area contributed by atoms with Gasteiger partial charge in [0.25, 0.3) is 0 Å². The summed E-state index contributed by atoms with van der Waals surface area (Å²) in [6, 6.07) is 1.10. The van der Waals surface area contributed by atoms with Gasteiger partial charge < -0.3 is 15.7 Å². The van der Waals surface area contributed by atoms with Crippen molar-refractivity contribution >= 4 is 29.4 Å². The highest BCUT2D eigenvalue weighted by Crippen LogP contribution is 2.74. The molecule has 0 aromatic heterocycles. The summed E-state index contributed by atoms with van der Waals surface area (Å²) < 4.78 is 0. The Morgan fingerprint density at radius 1 is 0.794 bits per heavy atom. The molecule has 9 nitrogen and oxygen atoms in total. The molecule has 0 spiro atoms. The number of Topliss-reactive ketones (excluding diaryl/α,β-unsaturated/α-hetero) is 1. The standard InChI is InChI=1S/C59H83N3O6/c1-9-10-11-12-13-14-15-16-17-18-19-20-21-22-23-24-25-26-27-31-49(64)61-38-29-28-30-45(52(66)67)62-53(68)59-36-34-54(2,3)41-44(59)50-46(63)39-48-56(6)40-43(42-60)51(65)55(4,5)47(56)32-33-57(48,7)58(50,8)35-37-59/h10-11,13-14,16-17,19-20,22-23,25-26,39-40,44-45,47,50H,9,12,15,18,21,24,27-38,41H2,1-8H3,(H,61,64)(H,62,68)(H,66,67)/b11-10-,14-13-,17-16-,20-19-,23-22-,26-25-/t44-,45?,47+,50+,56+,57-,58-,59+/m1/s1. The second-order valence-corrected chi connectivity index (χ2v) is 22.6. The van der Waals surface area contributed by atoms with E-state index in [0.29, 0.717) is 57.9 Å². The normalized spacial score (nSPS) is 31.3.